The van der Waals surface area contributed by atoms with Crippen LogP contribution in [0.1, 0.15) is 28.8 Å². The average Bonchev–Trinajstić information content (AvgIpc) is 2.53. The van der Waals surface area contributed by atoms with Gasteiger partial charge >= 0.3 is 5.97 Å². The summed E-state index contributed by atoms with van der Waals surface area (Å²) in [6, 6.07) is 1.70. The first-order chi connectivity index (χ1) is 7.71. The Balaban J connectivity index is 2.12. The second kappa shape index (κ2) is 3.43. The quantitative estimate of drug-likeness (QED) is 0.513. The molecular weight excluding hydrogens is 230 g/mol. The van der Waals surface area contributed by atoms with Gasteiger partial charge in [0, 0.05) is 18.4 Å². The SMILES string of the molecule is O=C1OC2(CCCOC2)c2cc(Cl)ncc21. The monoisotopic (exact) mass is 239 g/mol. The van der Waals surface area contributed by atoms with Crippen molar-refractivity contribution in [2.45, 2.75) is 18.4 Å². The number of fused-ring (bicyclic) bond motifs is 2. The predicted molar refractivity (Wildman–Crippen MR) is 56.4 cm³/mol. The van der Waals surface area contributed by atoms with E-state index >= 15 is 0 Å². The Kier molecular flexibility index (Phi) is 2.16. The van der Waals surface area contributed by atoms with Gasteiger partial charge in [0.1, 0.15) is 5.15 Å². The molecule has 0 N–H and O–H groups in total. The molecule has 0 amide bonds. The van der Waals surface area contributed by atoms with E-state index in [1.165, 1.54) is 6.20 Å². The Labute approximate surface area is 97.5 Å². The lowest BCUT2D eigenvalue weighted by molar-refractivity contribution is -0.0926. The van der Waals surface area contributed by atoms with Gasteiger partial charge in [-0.3, -0.25) is 0 Å². The zero-order chi connectivity index (χ0) is 11.2. The number of rotatable bonds is 0. The van der Waals surface area contributed by atoms with E-state index in [9.17, 15) is 4.79 Å². The summed E-state index contributed by atoms with van der Waals surface area (Å²) in [5.74, 6) is -0.329. The maximum Gasteiger partial charge on any atom is 0.341 e. The van der Waals surface area contributed by atoms with Gasteiger partial charge in [0.2, 0.25) is 0 Å². The molecule has 1 unspecified atom stereocenters. The van der Waals surface area contributed by atoms with Gasteiger partial charge in [-0.05, 0) is 18.9 Å². The molecule has 1 aromatic rings. The van der Waals surface area contributed by atoms with Crippen LogP contribution in [-0.2, 0) is 15.1 Å². The van der Waals surface area contributed by atoms with E-state index in [4.69, 9.17) is 21.1 Å². The molecule has 16 heavy (non-hydrogen) atoms. The molecule has 0 aliphatic carbocycles. The van der Waals surface area contributed by atoms with E-state index in [-0.39, 0.29) is 5.97 Å². The van der Waals surface area contributed by atoms with E-state index in [2.05, 4.69) is 4.98 Å². The summed E-state index contributed by atoms with van der Waals surface area (Å²) in [5.41, 5.74) is 0.698. The molecule has 1 fully saturated rings. The van der Waals surface area contributed by atoms with Crippen molar-refractivity contribution in [3.05, 3.63) is 28.5 Å². The Morgan fingerprint density at radius 2 is 2.38 bits per heavy atom. The molecular formula is C11H10ClNO3. The number of esters is 1. The van der Waals surface area contributed by atoms with Crippen molar-refractivity contribution in [2.24, 2.45) is 0 Å². The second-order valence-electron chi connectivity index (χ2n) is 4.09. The number of pyridine rings is 1. The van der Waals surface area contributed by atoms with Gasteiger partial charge in [-0.2, -0.15) is 0 Å². The third-order valence-corrected chi connectivity index (χ3v) is 3.28. The van der Waals surface area contributed by atoms with E-state index in [0.29, 0.717) is 23.9 Å². The lowest BCUT2D eigenvalue weighted by Gasteiger charge is -2.32. The fourth-order valence-corrected chi connectivity index (χ4v) is 2.48. The highest BCUT2D eigenvalue weighted by Crippen LogP contribution is 2.42. The molecule has 4 nitrogen and oxygen atoms in total. The van der Waals surface area contributed by atoms with Crippen LogP contribution in [0.4, 0.5) is 0 Å². The van der Waals surface area contributed by atoms with E-state index < -0.39 is 5.60 Å². The summed E-state index contributed by atoms with van der Waals surface area (Å²) in [6.07, 6.45) is 3.14. The van der Waals surface area contributed by atoms with Crippen molar-refractivity contribution in [3.8, 4) is 0 Å². The van der Waals surface area contributed by atoms with E-state index in [1.807, 2.05) is 0 Å². The van der Waals surface area contributed by atoms with Crippen LogP contribution in [0.25, 0.3) is 0 Å². The van der Waals surface area contributed by atoms with Gasteiger partial charge in [-0.25, -0.2) is 9.78 Å². The van der Waals surface area contributed by atoms with Crippen LogP contribution in [0, 0.1) is 0 Å². The number of nitrogens with zero attached hydrogens (tertiary/aromatic N) is 1. The molecule has 0 radical (unpaired) electrons. The first-order valence-electron chi connectivity index (χ1n) is 5.18. The number of carbonyl (C=O) groups excluding carboxylic acids is 1. The summed E-state index contributed by atoms with van der Waals surface area (Å²) in [5, 5.41) is 0.377. The second-order valence-corrected chi connectivity index (χ2v) is 4.48. The van der Waals surface area contributed by atoms with Crippen LogP contribution in [0.2, 0.25) is 5.15 Å². The van der Waals surface area contributed by atoms with Crippen molar-refractivity contribution >= 4 is 17.6 Å². The maximum atomic E-state index is 11.7. The Hall–Kier alpha value is -1.13. The highest BCUT2D eigenvalue weighted by Gasteiger charge is 2.47. The molecule has 2 aliphatic rings. The molecule has 0 bridgehead atoms. The normalized spacial score (nSPS) is 27.9. The lowest BCUT2D eigenvalue weighted by Crippen LogP contribution is -2.36. The number of ether oxygens (including phenoxy) is 2. The summed E-state index contributed by atoms with van der Waals surface area (Å²) >= 11 is 5.85. The number of hydrogen-bond acceptors (Lipinski definition) is 4. The molecule has 3 heterocycles. The highest BCUT2D eigenvalue weighted by atomic mass is 35.5. The summed E-state index contributed by atoms with van der Waals surface area (Å²) in [6.45, 7) is 1.12. The zero-order valence-electron chi connectivity index (χ0n) is 8.53. The molecule has 1 saturated heterocycles. The number of carbonyl (C=O) groups is 1. The molecule has 0 aromatic carbocycles. The first kappa shape index (κ1) is 10.1. The third kappa shape index (κ3) is 1.33. The number of aromatic nitrogens is 1. The lowest BCUT2D eigenvalue weighted by atomic mass is 9.88. The van der Waals surface area contributed by atoms with Crippen molar-refractivity contribution in [1.82, 2.24) is 4.98 Å². The average molecular weight is 240 g/mol. The topological polar surface area (TPSA) is 48.4 Å². The summed E-state index contributed by atoms with van der Waals surface area (Å²) < 4.78 is 10.9. The molecule has 3 rings (SSSR count). The van der Waals surface area contributed by atoms with Crippen molar-refractivity contribution < 1.29 is 14.3 Å². The Bertz CT molecular complexity index is 455. The molecule has 2 aliphatic heterocycles. The van der Waals surface area contributed by atoms with Crippen molar-refractivity contribution in [1.29, 1.82) is 0 Å². The van der Waals surface area contributed by atoms with Crippen LogP contribution in [0.3, 0.4) is 0 Å². The van der Waals surface area contributed by atoms with Crippen LogP contribution in [-0.4, -0.2) is 24.2 Å². The minimum Gasteiger partial charge on any atom is -0.448 e. The fraction of sp³-hybridized carbons (Fsp3) is 0.455. The molecule has 1 spiro atoms. The highest BCUT2D eigenvalue weighted by molar-refractivity contribution is 6.29. The summed E-state index contributed by atoms with van der Waals surface area (Å²) in [4.78, 5) is 15.6. The molecule has 5 heteroatoms. The third-order valence-electron chi connectivity index (χ3n) is 3.07. The van der Waals surface area contributed by atoms with E-state index in [1.54, 1.807) is 6.07 Å². The van der Waals surface area contributed by atoms with Crippen LogP contribution >= 0.6 is 11.6 Å². The van der Waals surface area contributed by atoms with Gasteiger partial charge in [-0.1, -0.05) is 11.6 Å². The molecule has 84 valence electrons. The van der Waals surface area contributed by atoms with Gasteiger partial charge in [0.25, 0.3) is 0 Å². The zero-order valence-corrected chi connectivity index (χ0v) is 9.29. The van der Waals surface area contributed by atoms with E-state index in [0.717, 1.165) is 18.4 Å². The van der Waals surface area contributed by atoms with Crippen molar-refractivity contribution in [2.75, 3.05) is 13.2 Å². The first-order valence-corrected chi connectivity index (χ1v) is 5.56. The van der Waals surface area contributed by atoms with Gasteiger partial charge in [0.05, 0.1) is 12.2 Å². The predicted octanol–water partition coefficient (Wildman–Crippen LogP) is 1.91. The van der Waals surface area contributed by atoms with Crippen LogP contribution in [0.5, 0.6) is 0 Å². The smallest absolute Gasteiger partial charge is 0.341 e. The number of hydrogen-bond donors (Lipinski definition) is 0. The molecule has 0 saturated carbocycles. The number of halogens is 1. The minimum absolute atomic E-state index is 0.329. The maximum absolute atomic E-state index is 11.7. The fourth-order valence-electron chi connectivity index (χ4n) is 2.32. The van der Waals surface area contributed by atoms with Gasteiger partial charge in [0.15, 0.2) is 5.60 Å². The van der Waals surface area contributed by atoms with Crippen LogP contribution < -0.4 is 0 Å². The minimum atomic E-state index is -0.628. The largest absolute Gasteiger partial charge is 0.448 e. The van der Waals surface area contributed by atoms with Gasteiger partial charge < -0.3 is 9.47 Å². The molecule has 1 aromatic heterocycles. The van der Waals surface area contributed by atoms with Crippen molar-refractivity contribution in [3.63, 3.8) is 0 Å². The Morgan fingerprint density at radius 3 is 3.12 bits per heavy atom. The Morgan fingerprint density at radius 1 is 1.50 bits per heavy atom. The standard InChI is InChI=1S/C11H10ClNO3/c12-9-4-8-7(5-13-9)10(14)16-11(8)2-1-3-15-6-11/h4-5H,1-3,6H2. The van der Waals surface area contributed by atoms with Gasteiger partial charge in [-0.15, -0.1) is 0 Å². The summed E-state index contributed by atoms with van der Waals surface area (Å²) in [7, 11) is 0. The molecule has 1 atom stereocenters. The van der Waals surface area contributed by atoms with Crippen LogP contribution in [0.15, 0.2) is 12.3 Å².